The second-order valence-corrected chi connectivity index (χ2v) is 8.03. The van der Waals surface area contributed by atoms with Gasteiger partial charge in [-0.1, -0.05) is 24.9 Å². The minimum absolute atomic E-state index is 0.142. The molecule has 0 atom stereocenters. The zero-order valence-electron chi connectivity index (χ0n) is 17.3. The Kier molecular flexibility index (Phi) is 6.65. The van der Waals surface area contributed by atoms with Crippen molar-refractivity contribution in [3.05, 3.63) is 57.9 Å². The lowest BCUT2D eigenvalue weighted by Gasteiger charge is -2.26. The number of fused-ring (bicyclic) bond motifs is 1. The van der Waals surface area contributed by atoms with E-state index in [4.69, 9.17) is 16.3 Å². The number of piperidine rings is 1. The highest BCUT2D eigenvalue weighted by Crippen LogP contribution is 2.19. The summed E-state index contributed by atoms with van der Waals surface area (Å²) in [7, 11) is 0. The Hall–Kier alpha value is -2.44. The van der Waals surface area contributed by atoms with Crippen LogP contribution in [0.2, 0.25) is 5.15 Å². The number of hydrogen-bond donors (Lipinski definition) is 0. The van der Waals surface area contributed by atoms with E-state index in [0.29, 0.717) is 29.8 Å². The summed E-state index contributed by atoms with van der Waals surface area (Å²) in [6, 6.07) is 9.19. The molecule has 1 fully saturated rings. The van der Waals surface area contributed by atoms with Gasteiger partial charge >= 0.3 is 0 Å². The van der Waals surface area contributed by atoms with Crippen LogP contribution < -0.4 is 10.3 Å². The summed E-state index contributed by atoms with van der Waals surface area (Å²) < 4.78 is 7.54. The van der Waals surface area contributed by atoms with Crippen molar-refractivity contribution in [2.45, 2.75) is 39.0 Å². The first-order chi connectivity index (χ1) is 14.7. The molecule has 1 aromatic carbocycles. The number of halogens is 1. The van der Waals surface area contributed by atoms with E-state index in [9.17, 15) is 4.79 Å². The summed E-state index contributed by atoms with van der Waals surface area (Å²) in [6.07, 6.45) is 7.18. The van der Waals surface area contributed by atoms with Gasteiger partial charge in [0, 0.05) is 13.0 Å². The number of likely N-dealkylation sites (tertiary alicyclic amines) is 1. The molecule has 0 unspecified atom stereocenters. The van der Waals surface area contributed by atoms with Gasteiger partial charge in [-0.05, 0) is 62.7 Å². The molecule has 6 nitrogen and oxygen atoms in total. The van der Waals surface area contributed by atoms with Gasteiger partial charge in [-0.25, -0.2) is 9.97 Å². The van der Waals surface area contributed by atoms with E-state index in [1.54, 1.807) is 16.8 Å². The van der Waals surface area contributed by atoms with Gasteiger partial charge in [-0.3, -0.25) is 9.36 Å². The predicted molar refractivity (Wildman–Crippen MR) is 120 cm³/mol. The second-order valence-electron chi connectivity index (χ2n) is 7.64. The average Bonchev–Trinajstić information content (AvgIpc) is 2.78. The van der Waals surface area contributed by atoms with Gasteiger partial charge < -0.3 is 9.64 Å². The number of aryl methyl sites for hydroxylation is 1. The van der Waals surface area contributed by atoms with E-state index in [0.717, 1.165) is 24.4 Å². The Balaban J connectivity index is 1.47. The summed E-state index contributed by atoms with van der Waals surface area (Å²) in [5.41, 5.74) is 1.18. The summed E-state index contributed by atoms with van der Waals surface area (Å²) in [6.45, 7) is 6.19. The Labute approximate surface area is 181 Å². The van der Waals surface area contributed by atoms with Crippen LogP contribution in [-0.4, -0.2) is 45.7 Å². The third-order valence-corrected chi connectivity index (χ3v) is 5.74. The summed E-state index contributed by atoms with van der Waals surface area (Å²) in [5.74, 6) is 1.50. The number of benzene rings is 1. The van der Waals surface area contributed by atoms with Crippen molar-refractivity contribution in [2.24, 2.45) is 0 Å². The average molecular weight is 427 g/mol. The third kappa shape index (κ3) is 4.65. The van der Waals surface area contributed by atoms with Gasteiger partial charge in [0.05, 0.1) is 29.4 Å². The van der Waals surface area contributed by atoms with Crippen molar-refractivity contribution in [1.82, 2.24) is 19.4 Å². The normalized spacial score (nSPS) is 14.9. The van der Waals surface area contributed by atoms with Crippen molar-refractivity contribution >= 4 is 22.5 Å². The molecule has 30 heavy (non-hydrogen) atoms. The zero-order chi connectivity index (χ0) is 20.9. The minimum Gasteiger partial charge on any atom is -0.494 e. The van der Waals surface area contributed by atoms with Crippen LogP contribution in [0.4, 0.5) is 0 Å². The molecule has 0 saturated carbocycles. The molecule has 0 N–H and O–H groups in total. The van der Waals surface area contributed by atoms with Crippen molar-refractivity contribution in [2.75, 3.05) is 26.2 Å². The Morgan fingerprint density at radius 1 is 1.13 bits per heavy atom. The van der Waals surface area contributed by atoms with Crippen LogP contribution in [0, 0.1) is 0 Å². The number of aromatic nitrogens is 3. The maximum Gasteiger partial charge on any atom is 0.266 e. The molecule has 1 aliphatic rings. The van der Waals surface area contributed by atoms with Crippen molar-refractivity contribution in [1.29, 1.82) is 0 Å². The van der Waals surface area contributed by atoms with E-state index in [1.807, 2.05) is 31.2 Å². The zero-order valence-corrected chi connectivity index (χ0v) is 18.1. The fourth-order valence-corrected chi connectivity index (χ4v) is 4.12. The molecule has 7 heteroatoms. The van der Waals surface area contributed by atoms with Gasteiger partial charge in [0.2, 0.25) is 0 Å². The Morgan fingerprint density at radius 3 is 2.63 bits per heavy atom. The molecule has 1 saturated heterocycles. The maximum atomic E-state index is 13.1. The third-order valence-electron chi connectivity index (χ3n) is 5.54. The number of rotatable bonds is 7. The Bertz CT molecular complexity index is 1060. The molecule has 3 heterocycles. The summed E-state index contributed by atoms with van der Waals surface area (Å²) in [4.78, 5) is 24.3. The molecule has 4 rings (SSSR count). The summed E-state index contributed by atoms with van der Waals surface area (Å²) in [5, 5.41) is 0.746. The number of nitrogens with zero attached hydrogens (tertiary/aromatic N) is 4. The number of hydrogen-bond acceptors (Lipinski definition) is 5. The van der Waals surface area contributed by atoms with E-state index in [-0.39, 0.29) is 10.7 Å². The summed E-state index contributed by atoms with van der Waals surface area (Å²) >= 11 is 5.99. The Morgan fingerprint density at radius 2 is 1.90 bits per heavy atom. The molecule has 158 valence electrons. The molecule has 2 aromatic heterocycles. The van der Waals surface area contributed by atoms with Crippen LogP contribution in [0.25, 0.3) is 16.6 Å². The highest BCUT2D eigenvalue weighted by Gasteiger charge is 2.13. The van der Waals surface area contributed by atoms with Gasteiger partial charge in [0.1, 0.15) is 16.7 Å². The molecular formula is C23H27ClN4O2. The van der Waals surface area contributed by atoms with Crippen molar-refractivity contribution in [3.8, 4) is 11.4 Å². The highest BCUT2D eigenvalue weighted by molar-refractivity contribution is 6.30. The van der Waals surface area contributed by atoms with Gasteiger partial charge in [-0.2, -0.15) is 0 Å². The molecule has 0 amide bonds. The quantitative estimate of drug-likeness (QED) is 0.417. The first-order valence-electron chi connectivity index (χ1n) is 10.7. The number of pyridine rings is 1. The molecule has 0 radical (unpaired) electrons. The van der Waals surface area contributed by atoms with Crippen LogP contribution in [0.1, 0.15) is 38.4 Å². The lowest BCUT2D eigenvalue weighted by Crippen LogP contribution is -2.31. The molecule has 3 aromatic rings. The monoisotopic (exact) mass is 426 g/mol. The smallest absolute Gasteiger partial charge is 0.266 e. The largest absolute Gasteiger partial charge is 0.494 e. The van der Waals surface area contributed by atoms with Crippen molar-refractivity contribution < 1.29 is 4.74 Å². The van der Waals surface area contributed by atoms with Crippen LogP contribution in [-0.2, 0) is 6.42 Å². The molecular weight excluding hydrogens is 400 g/mol. The maximum absolute atomic E-state index is 13.1. The SMILES string of the molecule is CCc1nc2cnc(Cl)cc2c(=O)n1-c1ccc(OCCCN2CCCCC2)cc1. The highest BCUT2D eigenvalue weighted by atomic mass is 35.5. The molecule has 0 spiro atoms. The number of ether oxygens (including phenoxy) is 1. The van der Waals surface area contributed by atoms with Gasteiger partial charge in [0.15, 0.2) is 0 Å². The fourth-order valence-electron chi connectivity index (χ4n) is 3.97. The second kappa shape index (κ2) is 9.58. The van der Waals surface area contributed by atoms with Crippen LogP contribution in [0.3, 0.4) is 0 Å². The topological polar surface area (TPSA) is 60.3 Å². The molecule has 1 aliphatic heterocycles. The van der Waals surface area contributed by atoms with Crippen LogP contribution >= 0.6 is 11.6 Å². The molecule has 0 bridgehead atoms. The van der Waals surface area contributed by atoms with Gasteiger partial charge in [-0.15, -0.1) is 0 Å². The fraction of sp³-hybridized carbons (Fsp3) is 0.435. The van der Waals surface area contributed by atoms with E-state index in [1.165, 1.54) is 32.4 Å². The van der Waals surface area contributed by atoms with Crippen molar-refractivity contribution in [3.63, 3.8) is 0 Å². The predicted octanol–water partition coefficient (Wildman–Crippen LogP) is 4.25. The first-order valence-corrected chi connectivity index (χ1v) is 11.1. The standard InChI is InChI=1S/C23H27ClN4O2/c1-2-22-26-20-16-25-21(24)15-19(20)23(29)28(22)17-7-9-18(10-8-17)30-14-6-13-27-11-4-3-5-12-27/h7-10,15-16H,2-6,11-14H2,1H3. The molecule has 0 aliphatic carbocycles. The lowest BCUT2D eigenvalue weighted by molar-refractivity contribution is 0.205. The first kappa shape index (κ1) is 20.8. The minimum atomic E-state index is -0.142. The lowest BCUT2D eigenvalue weighted by atomic mass is 10.1. The van der Waals surface area contributed by atoms with Crippen LogP contribution in [0.5, 0.6) is 5.75 Å². The van der Waals surface area contributed by atoms with E-state index in [2.05, 4.69) is 14.9 Å². The van der Waals surface area contributed by atoms with E-state index < -0.39 is 0 Å². The van der Waals surface area contributed by atoms with Gasteiger partial charge in [0.25, 0.3) is 5.56 Å². The van der Waals surface area contributed by atoms with E-state index >= 15 is 0 Å². The van der Waals surface area contributed by atoms with Crippen LogP contribution in [0.15, 0.2) is 41.3 Å².